The summed E-state index contributed by atoms with van der Waals surface area (Å²) in [4.78, 5) is 16.3. The maximum absolute atomic E-state index is 11.8. The molecule has 4 heteroatoms. The summed E-state index contributed by atoms with van der Waals surface area (Å²) in [6.07, 6.45) is 21.0. The Balaban J connectivity index is 2.08. The number of unbranched alkanes of at least 4 members (excludes halogenated alkanes) is 13. The highest BCUT2D eigenvalue weighted by Gasteiger charge is 2.13. The fraction of sp³-hybridized carbons (Fsp3) is 0.714. The number of carbonyl (C=O) groups is 1. The van der Waals surface area contributed by atoms with Crippen molar-refractivity contribution in [3.8, 4) is 11.5 Å². The van der Waals surface area contributed by atoms with Crippen molar-refractivity contribution >= 4 is 12.2 Å². The molecule has 0 fully saturated rings. The minimum Gasteiger partial charge on any atom is -0.493 e. The highest BCUT2D eigenvalue weighted by molar-refractivity contribution is 5.82. The number of carbonyl (C=O) groups excluding carboxylic acids is 1. The monoisotopic (exact) mass is 445 g/mol. The van der Waals surface area contributed by atoms with E-state index in [9.17, 15) is 4.79 Å². The molecule has 0 aliphatic carbocycles. The van der Waals surface area contributed by atoms with Crippen molar-refractivity contribution in [2.75, 3.05) is 13.7 Å². The van der Waals surface area contributed by atoms with Crippen molar-refractivity contribution in [1.29, 1.82) is 0 Å². The molecule has 1 rings (SSSR count). The number of methoxy groups -OCH3 is 1. The maximum atomic E-state index is 11.8. The number of rotatable bonds is 19. The first-order valence-corrected chi connectivity index (χ1v) is 13.0. The third-order valence-electron chi connectivity index (χ3n) is 5.75. The first-order chi connectivity index (χ1) is 15.6. The van der Waals surface area contributed by atoms with Gasteiger partial charge in [0, 0.05) is 12.8 Å². The normalized spacial score (nSPS) is 11.4. The molecular weight excluding hydrogens is 398 g/mol. The second kappa shape index (κ2) is 18.7. The van der Waals surface area contributed by atoms with Gasteiger partial charge >= 0.3 is 5.97 Å². The van der Waals surface area contributed by atoms with Gasteiger partial charge in [-0.25, -0.2) is 0 Å². The highest BCUT2D eigenvalue weighted by Crippen LogP contribution is 2.28. The highest BCUT2D eigenvalue weighted by atomic mass is 16.6. The van der Waals surface area contributed by atoms with E-state index in [1.54, 1.807) is 13.2 Å². The van der Waals surface area contributed by atoms with E-state index in [0.717, 1.165) is 18.5 Å². The summed E-state index contributed by atoms with van der Waals surface area (Å²) in [5.41, 5.74) is 0.955. The standard InChI is InChI=1S/C28H47NO3/c1-5-6-7-8-9-10-11-12-13-14-15-16-17-18-21-29-23-25-19-20-26(27(22-25)31-4)32-28(30)24(2)3/h19-20,22-24H,5-18,21H2,1-4H3. The molecule has 0 N–H and O–H groups in total. The minimum absolute atomic E-state index is 0.175. The summed E-state index contributed by atoms with van der Waals surface area (Å²) in [5, 5.41) is 0. The number of hydrogen-bond donors (Lipinski definition) is 0. The van der Waals surface area contributed by atoms with Gasteiger partial charge in [-0.15, -0.1) is 0 Å². The number of aliphatic imine (C=N–C) groups is 1. The Bertz CT molecular complexity index is 640. The zero-order valence-corrected chi connectivity index (χ0v) is 21.2. The van der Waals surface area contributed by atoms with E-state index in [1.807, 2.05) is 32.2 Å². The minimum atomic E-state index is -0.262. The van der Waals surface area contributed by atoms with Gasteiger partial charge in [0.1, 0.15) is 0 Å². The lowest BCUT2D eigenvalue weighted by molar-refractivity contribution is -0.137. The van der Waals surface area contributed by atoms with Crippen LogP contribution in [0.15, 0.2) is 23.2 Å². The van der Waals surface area contributed by atoms with Crippen molar-refractivity contribution < 1.29 is 14.3 Å². The van der Waals surface area contributed by atoms with E-state index >= 15 is 0 Å². The molecule has 0 spiro atoms. The lowest BCUT2D eigenvalue weighted by atomic mass is 10.0. The molecule has 1 aromatic carbocycles. The summed E-state index contributed by atoms with van der Waals surface area (Å²) in [6.45, 7) is 6.76. The molecule has 0 saturated heterocycles. The lowest BCUT2D eigenvalue weighted by Gasteiger charge is -2.11. The average Bonchev–Trinajstić information content (AvgIpc) is 2.79. The van der Waals surface area contributed by atoms with E-state index < -0.39 is 0 Å². The topological polar surface area (TPSA) is 47.9 Å². The first kappa shape index (κ1) is 28.2. The zero-order chi connectivity index (χ0) is 23.4. The second-order valence-electron chi connectivity index (χ2n) is 9.12. The van der Waals surface area contributed by atoms with Crippen molar-refractivity contribution in [1.82, 2.24) is 0 Å². The zero-order valence-electron chi connectivity index (χ0n) is 21.2. The van der Waals surface area contributed by atoms with Crippen LogP contribution < -0.4 is 9.47 Å². The summed E-state index contributed by atoms with van der Waals surface area (Å²) in [7, 11) is 1.58. The van der Waals surface area contributed by atoms with Crippen LogP contribution in [0, 0.1) is 5.92 Å². The molecule has 182 valence electrons. The van der Waals surface area contributed by atoms with Crippen LogP contribution >= 0.6 is 0 Å². The number of hydrogen-bond acceptors (Lipinski definition) is 4. The summed E-state index contributed by atoms with van der Waals surface area (Å²) in [6, 6.07) is 5.53. The van der Waals surface area contributed by atoms with Crippen molar-refractivity contribution in [2.24, 2.45) is 10.9 Å². The molecule has 0 radical (unpaired) electrons. The summed E-state index contributed by atoms with van der Waals surface area (Å²) < 4.78 is 10.7. The number of esters is 1. The molecule has 0 atom stereocenters. The van der Waals surface area contributed by atoms with Gasteiger partial charge in [0.05, 0.1) is 13.0 Å². The van der Waals surface area contributed by atoms with Crippen LogP contribution in [0.2, 0.25) is 0 Å². The molecule has 0 saturated carbocycles. The predicted octanol–water partition coefficient (Wildman–Crippen LogP) is 8.16. The van der Waals surface area contributed by atoms with Gasteiger partial charge < -0.3 is 9.47 Å². The quantitative estimate of drug-likeness (QED) is 0.0934. The largest absolute Gasteiger partial charge is 0.493 e. The van der Waals surface area contributed by atoms with Gasteiger partial charge in [-0.2, -0.15) is 0 Å². The van der Waals surface area contributed by atoms with Crippen LogP contribution in [-0.4, -0.2) is 25.8 Å². The smallest absolute Gasteiger partial charge is 0.313 e. The third-order valence-corrected chi connectivity index (χ3v) is 5.75. The summed E-state index contributed by atoms with van der Waals surface area (Å²) in [5.74, 6) is 0.573. The lowest BCUT2D eigenvalue weighted by Crippen LogP contribution is -2.15. The first-order valence-electron chi connectivity index (χ1n) is 13.0. The van der Waals surface area contributed by atoms with Crippen LogP contribution in [0.25, 0.3) is 0 Å². The van der Waals surface area contributed by atoms with Gasteiger partial charge in [0.2, 0.25) is 0 Å². The third kappa shape index (κ3) is 13.5. The van der Waals surface area contributed by atoms with E-state index in [4.69, 9.17) is 9.47 Å². The molecule has 0 unspecified atom stereocenters. The molecule has 0 aromatic heterocycles. The fourth-order valence-electron chi connectivity index (χ4n) is 3.64. The Kier molecular flexibility index (Phi) is 16.5. The number of benzene rings is 1. The van der Waals surface area contributed by atoms with Crippen LogP contribution in [0.4, 0.5) is 0 Å². The molecule has 0 heterocycles. The Morgan fingerprint density at radius 3 is 1.88 bits per heavy atom. The van der Waals surface area contributed by atoms with E-state index in [2.05, 4.69) is 11.9 Å². The number of ether oxygens (including phenoxy) is 2. The molecule has 4 nitrogen and oxygen atoms in total. The Hall–Kier alpha value is -1.84. The second-order valence-corrected chi connectivity index (χ2v) is 9.12. The van der Waals surface area contributed by atoms with Crippen LogP contribution in [0.5, 0.6) is 11.5 Å². The van der Waals surface area contributed by atoms with Gasteiger partial charge in [-0.3, -0.25) is 9.79 Å². The van der Waals surface area contributed by atoms with Crippen LogP contribution in [0.1, 0.15) is 116 Å². The molecule has 32 heavy (non-hydrogen) atoms. The van der Waals surface area contributed by atoms with Gasteiger partial charge in [0.25, 0.3) is 0 Å². The van der Waals surface area contributed by atoms with E-state index in [0.29, 0.717) is 11.5 Å². The van der Waals surface area contributed by atoms with Crippen LogP contribution in [-0.2, 0) is 4.79 Å². The van der Waals surface area contributed by atoms with Gasteiger partial charge in [-0.05, 0) is 30.2 Å². The Morgan fingerprint density at radius 2 is 1.38 bits per heavy atom. The molecule has 0 amide bonds. The predicted molar refractivity (Wildman–Crippen MR) is 136 cm³/mol. The molecular formula is C28H47NO3. The Morgan fingerprint density at radius 1 is 0.844 bits per heavy atom. The van der Waals surface area contributed by atoms with Gasteiger partial charge in [-0.1, -0.05) is 104 Å². The maximum Gasteiger partial charge on any atom is 0.313 e. The van der Waals surface area contributed by atoms with Crippen LogP contribution in [0.3, 0.4) is 0 Å². The van der Waals surface area contributed by atoms with Crippen molar-refractivity contribution in [3.05, 3.63) is 23.8 Å². The molecule has 0 aliphatic rings. The van der Waals surface area contributed by atoms with E-state index in [-0.39, 0.29) is 11.9 Å². The molecule has 0 aliphatic heterocycles. The SMILES string of the molecule is CCCCCCCCCCCCCCCCN=Cc1ccc(OC(=O)C(C)C)c(OC)c1. The van der Waals surface area contributed by atoms with Gasteiger partial charge in [0.15, 0.2) is 11.5 Å². The van der Waals surface area contributed by atoms with Crippen molar-refractivity contribution in [2.45, 2.75) is 111 Å². The number of nitrogens with zero attached hydrogens (tertiary/aromatic N) is 1. The van der Waals surface area contributed by atoms with Crippen molar-refractivity contribution in [3.63, 3.8) is 0 Å². The van der Waals surface area contributed by atoms with E-state index in [1.165, 1.54) is 83.5 Å². The average molecular weight is 446 g/mol. The molecule has 0 bridgehead atoms. The Labute approximate surface area is 197 Å². The summed E-state index contributed by atoms with van der Waals surface area (Å²) >= 11 is 0. The fourth-order valence-corrected chi connectivity index (χ4v) is 3.64. The molecule has 1 aromatic rings.